The highest BCUT2D eigenvalue weighted by Crippen LogP contribution is 2.29. The largest absolute Gasteiger partial charge is 0.444 e. The van der Waals surface area contributed by atoms with Gasteiger partial charge in [0.2, 0.25) is 0 Å². The number of alkyl halides is 1. The Morgan fingerprint density at radius 2 is 2.12 bits per heavy atom. The lowest BCUT2D eigenvalue weighted by Gasteiger charge is -2.35. The average molecular weight is 350 g/mol. The molecule has 0 aliphatic carbocycles. The lowest BCUT2D eigenvalue weighted by atomic mass is 10.1. The van der Waals surface area contributed by atoms with Gasteiger partial charge in [-0.1, -0.05) is 12.1 Å². The average Bonchev–Trinajstić information content (AvgIpc) is 2.92. The van der Waals surface area contributed by atoms with Gasteiger partial charge in [-0.25, -0.2) is 9.78 Å². The summed E-state index contributed by atoms with van der Waals surface area (Å²) < 4.78 is 7.72. The summed E-state index contributed by atoms with van der Waals surface area (Å²) in [6, 6.07) is 8.21. The Morgan fingerprint density at radius 1 is 1.38 bits per heavy atom. The molecule has 2 aromatic rings. The number of ether oxygens (including phenoxy) is 1. The molecule has 1 saturated heterocycles. The lowest BCUT2D eigenvalue weighted by molar-refractivity contribution is 0.0173. The molecule has 1 aliphatic heterocycles. The number of hydrogen-bond acceptors (Lipinski definition) is 3. The number of carbonyl (C=O) groups excluding carboxylic acids is 1. The number of imidazole rings is 1. The Bertz CT molecular complexity index is 735. The third-order valence-corrected chi connectivity index (χ3v) is 4.44. The third kappa shape index (κ3) is 3.51. The van der Waals surface area contributed by atoms with E-state index in [2.05, 4.69) is 15.6 Å². The number of rotatable bonds is 2. The van der Waals surface area contributed by atoms with Gasteiger partial charge in [-0.3, -0.25) is 0 Å². The van der Waals surface area contributed by atoms with E-state index in [1.165, 1.54) is 0 Å². The van der Waals surface area contributed by atoms with Crippen LogP contribution in [-0.4, -0.2) is 39.2 Å². The van der Waals surface area contributed by atoms with Gasteiger partial charge in [-0.05, 0) is 45.7 Å². The molecule has 1 fully saturated rings. The normalized spacial score (nSPS) is 18.8. The van der Waals surface area contributed by atoms with E-state index >= 15 is 0 Å². The minimum atomic E-state index is -0.479. The second-order valence-corrected chi connectivity index (χ2v) is 7.51. The van der Waals surface area contributed by atoms with E-state index in [0.717, 1.165) is 36.2 Å². The van der Waals surface area contributed by atoms with Crippen molar-refractivity contribution in [3.8, 4) is 0 Å². The predicted octanol–water partition coefficient (Wildman–Crippen LogP) is 4.35. The van der Waals surface area contributed by atoms with Crippen molar-refractivity contribution in [2.45, 2.75) is 51.1 Å². The molecule has 0 spiro atoms. The van der Waals surface area contributed by atoms with Crippen LogP contribution in [0.25, 0.3) is 11.0 Å². The van der Waals surface area contributed by atoms with E-state index < -0.39 is 5.60 Å². The molecule has 0 N–H and O–H groups in total. The second kappa shape index (κ2) is 6.63. The maximum absolute atomic E-state index is 12.4. The number of halogens is 1. The number of para-hydroxylation sites is 2. The summed E-state index contributed by atoms with van der Waals surface area (Å²) in [6.07, 6.45) is 1.70. The summed E-state index contributed by atoms with van der Waals surface area (Å²) >= 11 is 6.12. The second-order valence-electron chi connectivity index (χ2n) is 7.24. The van der Waals surface area contributed by atoms with Crippen molar-refractivity contribution in [2.24, 2.45) is 0 Å². The van der Waals surface area contributed by atoms with Crippen LogP contribution in [0.4, 0.5) is 4.79 Å². The lowest BCUT2D eigenvalue weighted by Crippen LogP contribution is -2.43. The first-order chi connectivity index (χ1) is 11.4. The van der Waals surface area contributed by atoms with Gasteiger partial charge >= 0.3 is 6.09 Å². The van der Waals surface area contributed by atoms with Crippen LogP contribution in [0, 0.1) is 0 Å². The number of piperidine rings is 1. The van der Waals surface area contributed by atoms with Crippen LogP contribution in [0.15, 0.2) is 24.3 Å². The van der Waals surface area contributed by atoms with Gasteiger partial charge in [0.25, 0.3) is 0 Å². The van der Waals surface area contributed by atoms with Gasteiger partial charge in [0.15, 0.2) is 0 Å². The van der Waals surface area contributed by atoms with Crippen molar-refractivity contribution < 1.29 is 9.53 Å². The molecule has 1 aromatic carbocycles. The highest BCUT2D eigenvalue weighted by molar-refractivity contribution is 6.16. The molecule has 24 heavy (non-hydrogen) atoms. The first-order valence-electron chi connectivity index (χ1n) is 8.39. The molecule has 0 bridgehead atoms. The molecule has 130 valence electrons. The molecule has 1 amide bonds. The van der Waals surface area contributed by atoms with Crippen LogP contribution in [0.1, 0.15) is 45.5 Å². The first-order valence-corrected chi connectivity index (χ1v) is 8.92. The van der Waals surface area contributed by atoms with Crippen molar-refractivity contribution in [1.29, 1.82) is 0 Å². The maximum Gasteiger partial charge on any atom is 0.410 e. The number of benzene rings is 1. The smallest absolute Gasteiger partial charge is 0.410 e. The first kappa shape index (κ1) is 17.1. The Hall–Kier alpha value is -1.75. The molecule has 0 radical (unpaired) electrons. The van der Waals surface area contributed by atoms with E-state index in [9.17, 15) is 4.79 Å². The van der Waals surface area contributed by atoms with Gasteiger partial charge < -0.3 is 14.2 Å². The number of hydrogen-bond donors (Lipinski definition) is 0. The maximum atomic E-state index is 12.4. The molecule has 0 saturated carbocycles. The Kier molecular flexibility index (Phi) is 4.72. The van der Waals surface area contributed by atoms with Gasteiger partial charge in [-0.15, -0.1) is 11.6 Å². The summed E-state index contributed by atoms with van der Waals surface area (Å²) in [5.74, 6) is 1.21. The summed E-state index contributed by atoms with van der Waals surface area (Å²) in [7, 11) is 0. The van der Waals surface area contributed by atoms with E-state index in [0.29, 0.717) is 12.4 Å². The molecule has 2 heterocycles. The van der Waals surface area contributed by atoms with Crippen molar-refractivity contribution in [3.63, 3.8) is 0 Å². The van der Waals surface area contributed by atoms with Crippen LogP contribution in [0.2, 0.25) is 0 Å². The Morgan fingerprint density at radius 3 is 2.83 bits per heavy atom. The van der Waals surface area contributed by atoms with E-state index in [4.69, 9.17) is 16.3 Å². The number of aromatic nitrogens is 2. The van der Waals surface area contributed by atoms with E-state index in [1.54, 1.807) is 4.90 Å². The monoisotopic (exact) mass is 349 g/mol. The van der Waals surface area contributed by atoms with Gasteiger partial charge in [0.1, 0.15) is 11.4 Å². The van der Waals surface area contributed by atoms with Crippen LogP contribution >= 0.6 is 11.6 Å². The van der Waals surface area contributed by atoms with Crippen molar-refractivity contribution in [1.82, 2.24) is 14.5 Å². The van der Waals surface area contributed by atoms with Gasteiger partial charge in [0, 0.05) is 13.1 Å². The van der Waals surface area contributed by atoms with E-state index in [1.807, 2.05) is 39.0 Å². The summed E-state index contributed by atoms with van der Waals surface area (Å²) in [5.41, 5.74) is 1.54. The topological polar surface area (TPSA) is 47.4 Å². The van der Waals surface area contributed by atoms with Crippen molar-refractivity contribution >= 4 is 28.7 Å². The molecule has 0 unspecified atom stereocenters. The fourth-order valence-electron chi connectivity index (χ4n) is 3.25. The minimum absolute atomic E-state index is 0.174. The zero-order valence-electron chi connectivity index (χ0n) is 14.5. The molecular weight excluding hydrogens is 326 g/mol. The fourth-order valence-corrected chi connectivity index (χ4v) is 3.44. The standard InChI is InChI=1S/C18H24ClN3O2/c1-18(2,3)24-17(23)21-10-6-7-13(12-21)22-15-9-5-4-8-14(15)20-16(22)11-19/h4-5,8-9,13H,6-7,10-12H2,1-3H3/t13-/m1/s1. The van der Waals surface area contributed by atoms with Crippen molar-refractivity contribution in [2.75, 3.05) is 13.1 Å². The Balaban J connectivity index is 1.86. The van der Waals surface area contributed by atoms with Crippen LogP contribution in [-0.2, 0) is 10.6 Å². The van der Waals surface area contributed by atoms with Crippen LogP contribution in [0.3, 0.4) is 0 Å². The molecule has 1 aliphatic rings. The van der Waals surface area contributed by atoms with Crippen molar-refractivity contribution in [3.05, 3.63) is 30.1 Å². The minimum Gasteiger partial charge on any atom is -0.444 e. The molecule has 1 aromatic heterocycles. The quantitative estimate of drug-likeness (QED) is 0.757. The number of amides is 1. The summed E-state index contributed by atoms with van der Waals surface area (Å²) in [6.45, 7) is 7.03. The molecule has 6 heteroatoms. The number of nitrogens with zero attached hydrogens (tertiary/aromatic N) is 3. The predicted molar refractivity (Wildman–Crippen MR) is 95.4 cm³/mol. The third-order valence-electron chi connectivity index (χ3n) is 4.20. The zero-order valence-corrected chi connectivity index (χ0v) is 15.2. The molecule has 1 atom stereocenters. The fraction of sp³-hybridized carbons (Fsp3) is 0.556. The SMILES string of the molecule is CC(C)(C)OC(=O)N1CCC[C@@H](n2c(CCl)nc3ccccc32)C1. The Labute approximate surface area is 147 Å². The van der Waals surface area contributed by atoms with Crippen LogP contribution < -0.4 is 0 Å². The molecular formula is C18H24ClN3O2. The molecule has 5 nitrogen and oxygen atoms in total. The molecule has 3 rings (SSSR count). The van der Waals surface area contributed by atoms with Gasteiger partial charge in [0.05, 0.1) is 23.0 Å². The van der Waals surface area contributed by atoms with Crippen LogP contribution in [0.5, 0.6) is 0 Å². The van der Waals surface area contributed by atoms with Gasteiger partial charge in [-0.2, -0.15) is 0 Å². The number of likely N-dealkylation sites (tertiary alicyclic amines) is 1. The number of fused-ring (bicyclic) bond motifs is 1. The highest BCUT2D eigenvalue weighted by atomic mass is 35.5. The zero-order chi connectivity index (χ0) is 17.3. The summed E-state index contributed by atoms with van der Waals surface area (Å²) in [4.78, 5) is 18.8. The van der Waals surface area contributed by atoms with E-state index in [-0.39, 0.29) is 12.1 Å². The highest BCUT2D eigenvalue weighted by Gasteiger charge is 2.30. The summed E-state index contributed by atoms with van der Waals surface area (Å²) in [5, 5.41) is 0. The number of carbonyl (C=O) groups is 1.